The smallest absolute Gasteiger partial charge is 0.313 e. The average molecular weight is 472 g/mol. The minimum atomic E-state index is -3.64. The quantitative estimate of drug-likeness (QED) is 0.629. The van der Waals surface area contributed by atoms with Crippen LogP contribution in [0, 0.1) is 27.7 Å². The molecule has 0 saturated carbocycles. The number of carbonyl (C=O) groups is 2. The summed E-state index contributed by atoms with van der Waals surface area (Å²) in [5.74, 6) is -1.46. The molecule has 0 aromatic heterocycles. The molecule has 1 saturated heterocycles. The van der Waals surface area contributed by atoms with E-state index in [9.17, 15) is 18.0 Å². The number of benzene rings is 2. The van der Waals surface area contributed by atoms with Gasteiger partial charge in [0.05, 0.1) is 4.90 Å². The van der Waals surface area contributed by atoms with Gasteiger partial charge in [-0.05, 0) is 75.8 Å². The van der Waals surface area contributed by atoms with Gasteiger partial charge in [0.15, 0.2) is 0 Å². The summed E-state index contributed by atoms with van der Waals surface area (Å²) in [5, 5.41) is 5.28. The van der Waals surface area contributed by atoms with Crippen molar-refractivity contribution in [1.29, 1.82) is 0 Å². The number of amides is 2. The molecule has 0 radical (unpaired) electrons. The molecular formula is C25H33N3O4S. The van der Waals surface area contributed by atoms with Crippen molar-refractivity contribution in [3.8, 4) is 0 Å². The number of sulfonamides is 1. The number of carbonyl (C=O) groups excluding carboxylic acids is 2. The predicted molar refractivity (Wildman–Crippen MR) is 130 cm³/mol. The highest BCUT2D eigenvalue weighted by Gasteiger charge is 2.34. The molecule has 1 heterocycles. The Kier molecular flexibility index (Phi) is 7.92. The average Bonchev–Trinajstić information content (AvgIpc) is 2.77. The molecular weight excluding hydrogens is 438 g/mol. The van der Waals surface area contributed by atoms with E-state index in [2.05, 4.69) is 10.6 Å². The van der Waals surface area contributed by atoms with Crippen molar-refractivity contribution in [2.24, 2.45) is 0 Å². The van der Waals surface area contributed by atoms with Gasteiger partial charge in [0, 0.05) is 24.8 Å². The summed E-state index contributed by atoms with van der Waals surface area (Å²) < 4.78 is 28.4. The maximum Gasteiger partial charge on any atom is 0.313 e. The summed E-state index contributed by atoms with van der Waals surface area (Å²) in [5.41, 5.74) is 4.17. The van der Waals surface area contributed by atoms with Crippen LogP contribution in [0.3, 0.4) is 0 Å². The minimum absolute atomic E-state index is 0.216. The van der Waals surface area contributed by atoms with Gasteiger partial charge in [-0.1, -0.05) is 36.2 Å². The number of hydrogen-bond donors (Lipinski definition) is 2. The van der Waals surface area contributed by atoms with Crippen LogP contribution >= 0.6 is 0 Å². The van der Waals surface area contributed by atoms with Crippen LogP contribution in [0.25, 0.3) is 0 Å². The Morgan fingerprint density at radius 1 is 0.939 bits per heavy atom. The van der Waals surface area contributed by atoms with Gasteiger partial charge in [-0.2, -0.15) is 4.31 Å². The molecule has 2 aromatic carbocycles. The summed E-state index contributed by atoms with van der Waals surface area (Å²) >= 11 is 0. The Balaban J connectivity index is 1.61. The molecule has 0 bridgehead atoms. The van der Waals surface area contributed by atoms with E-state index in [0.29, 0.717) is 23.5 Å². The number of nitrogens with one attached hydrogen (secondary N) is 2. The largest absolute Gasteiger partial charge is 0.348 e. The van der Waals surface area contributed by atoms with Crippen LogP contribution in [-0.2, 0) is 19.6 Å². The molecule has 2 amide bonds. The van der Waals surface area contributed by atoms with E-state index >= 15 is 0 Å². The lowest BCUT2D eigenvalue weighted by Gasteiger charge is -2.35. The lowest BCUT2D eigenvalue weighted by Crippen LogP contribution is -2.46. The minimum Gasteiger partial charge on any atom is -0.348 e. The maximum atomic E-state index is 13.4. The number of piperidine rings is 1. The highest BCUT2D eigenvalue weighted by atomic mass is 32.2. The molecule has 33 heavy (non-hydrogen) atoms. The second-order valence-electron chi connectivity index (χ2n) is 8.85. The molecule has 1 atom stereocenters. The van der Waals surface area contributed by atoms with Crippen LogP contribution in [0.1, 0.15) is 47.9 Å². The molecule has 0 unspecified atom stereocenters. The zero-order chi connectivity index (χ0) is 24.2. The Morgan fingerprint density at radius 3 is 2.36 bits per heavy atom. The van der Waals surface area contributed by atoms with E-state index in [-0.39, 0.29) is 12.6 Å². The molecule has 0 spiro atoms. The Morgan fingerprint density at radius 2 is 1.64 bits per heavy atom. The molecule has 3 rings (SSSR count). The maximum absolute atomic E-state index is 13.4. The van der Waals surface area contributed by atoms with E-state index in [1.165, 1.54) is 0 Å². The molecule has 1 fully saturated rings. The van der Waals surface area contributed by atoms with Crippen molar-refractivity contribution in [3.05, 3.63) is 58.7 Å². The highest BCUT2D eigenvalue weighted by molar-refractivity contribution is 7.89. The number of hydrogen-bond acceptors (Lipinski definition) is 4. The summed E-state index contributed by atoms with van der Waals surface area (Å²) in [7, 11) is -3.64. The van der Waals surface area contributed by atoms with Crippen LogP contribution in [0.2, 0.25) is 0 Å². The first kappa shape index (κ1) is 24.9. The summed E-state index contributed by atoms with van der Waals surface area (Å²) in [4.78, 5) is 24.9. The molecule has 8 heteroatoms. The van der Waals surface area contributed by atoms with Crippen LogP contribution in [0.4, 0.5) is 5.69 Å². The van der Waals surface area contributed by atoms with E-state index in [1.807, 2.05) is 45.0 Å². The van der Waals surface area contributed by atoms with E-state index in [4.69, 9.17) is 0 Å². The van der Waals surface area contributed by atoms with Crippen LogP contribution in [0.15, 0.2) is 41.3 Å². The van der Waals surface area contributed by atoms with E-state index in [1.54, 1.807) is 23.4 Å². The zero-order valence-electron chi connectivity index (χ0n) is 19.8. The van der Waals surface area contributed by atoms with Gasteiger partial charge in [-0.3, -0.25) is 9.59 Å². The number of anilines is 1. The summed E-state index contributed by atoms with van der Waals surface area (Å²) in [6.45, 7) is 8.20. The molecule has 0 aliphatic carbocycles. The van der Waals surface area contributed by atoms with Gasteiger partial charge in [0.2, 0.25) is 10.0 Å². The number of rotatable bonds is 6. The lowest BCUT2D eigenvalue weighted by molar-refractivity contribution is -0.136. The zero-order valence-corrected chi connectivity index (χ0v) is 20.6. The third-order valence-corrected chi connectivity index (χ3v) is 8.20. The molecule has 7 nitrogen and oxygen atoms in total. The molecule has 178 valence electrons. The Hall–Kier alpha value is -2.71. The van der Waals surface area contributed by atoms with Gasteiger partial charge >= 0.3 is 11.8 Å². The van der Waals surface area contributed by atoms with Gasteiger partial charge in [0.1, 0.15) is 0 Å². The van der Waals surface area contributed by atoms with E-state index in [0.717, 1.165) is 41.5 Å². The fraction of sp³-hybridized carbons (Fsp3) is 0.440. The van der Waals surface area contributed by atoms with Gasteiger partial charge in [-0.25, -0.2) is 8.42 Å². The second kappa shape index (κ2) is 10.5. The third-order valence-electron chi connectivity index (χ3n) is 6.10. The normalized spacial score (nSPS) is 16.9. The molecule has 1 aliphatic heterocycles. The fourth-order valence-corrected chi connectivity index (χ4v) is 6.29. The number of nitrogens with zero attached hydrogens (tertiary/aromatic N) is 1. The highest BCUT2D eigenvalue weighted by Crippen LogP contribution is 2.29. The van der Waals surface area contributed by atoms with Gasteiger partial charge < -0.3 is 10.6 Å². The van der Waals surface area contributed by atoms with Crippen LogP contribution < -0.4 is 10.6 Å². The van der Waals surface area contributed by atoms with E-state index < -0.39 is 21.8 Å². The SMILES string of the molecule is Cc1ccc(NC(=O)C(=O)NCC[C@H]2CCCCN2S(=O)(=O)c2cc(C)ccc2C)c(C)c1. The fourth-order valence-electron chi connectivity index (χ4n) is 4.26. The monoisotopic (exact) mass is 471 g/mol. The third kappa shape index (κ3) is 6.00. The van der Waals surface area contributed by atoms with Crippen molar-refractivity contribution in [2.45, 2.75) is 64.3 Å². The van der Waals surface area contributed by atoms with Crippen LogP contribution in [0.5, 0.6) is 0 Å². The van der Waals surface area contributed by atoms with Crippen molar-refractivity contribution in [3.63, 3.8) is 0 Å². The first-order valence-corrected chi connectivity index (χ1v) is 12.8. The topological polar surface area (TPSA) is 95.6 Å². The molecule has 2 N–H and O–H groups in total. The van der Waals surface area contributed by atoms with Gasteiger partial charge in [-0.15, -0.1) is 0 Å². The lowest BCUT2D eigenvalue weighted by atomic mass is 10.0. The Bertz CT molecular complexity index is 1140. The van der Waals surface area contributed by atoms with Crippen molar-refractivity contribution < 1.29 is 18.0 Å². The van der Waals surface area contributed by atoms with Crippen molar-refractivity contribution in [2.75, 3.05) is 18.4 Å². The second-order valence-corrected chi connectivity index (χ2v) is 10.7. The van der Waals surface area contributed by atoms with Crippen molar-refractivity contribution >= 4 is 27.5 Å². The standard InChI is InChI=1S/C25H33N3O4S/c1-17-9-11-22(20(4)15-17)27-25(30)24(29)26-13-12-21-7-5-6-14-28(21)33(31,32)23-16-18(2)8-10-19(23)3/h8-11,15-16,21H,5-7,12-14H2,1-4H3,(H,26,29)(H,27,30)/t21-/m1/s1. The first-order chi connectivity index (χ1) is 15.6. The summed E-state index contributed by atoms with van der Waals surface area (Å²) in [6, 6.07) is 10.8. The molecule has 1 aliphatic rings. The van der Waals surface area contributed by atoms with Crippen molar-refractivity contribution in [1.82, 2.24) is 9.62 Å². The predicted octanol–water partition coefficient (Wildman–Crippen LogP) is 3.61. The van der Waals surface area contributed by atoms with Crippen LogP contribution in [-0.4, -0.2) is 43.7 Å². The Labute approximate surface area is 196 Å². The first-order valence-electron chi connectivity index (χ1n) is 11.3. The number of aryl methyl sites for hydroxylation is 4. The van der Waals surface area contributed by atoms with Gasteiger partial charge in [0.25, 0.3) is 0 Å². The summed E-state index contributed by atoms with van der Waals surface area (Å²) in [6.07, 6.45) is 2.93. The molecule has 2 aromatic rings.